The van der Waals surface area contributed by atoms with Crippen LogP contribution in [0.25, 0.3) is 11.5 Å². The number of oxime groups is 1. The quantitative estimate of drug-likeness (QED) is 0.163. The summed E-state index contributed by atoms with van der Waals surface area (Å²) >= 11 is 6.27. The van der Waals surface area contributed by atoms with Crippen molar-refractivity contribution < 1.29 is 23.5 Å². The lowest BCUT2D eigenvalue weighted by Crippen LogP contribution is -2.39. The van der Waals surface area contributed by atoms with Crippen molar-refractivity contribution in [2.75, 3.05) is 6.61 Å². The van der Waals surface area contributed by atoms with Gasteiger partial charge in [0.15, 0.2) is 11.4 Å². The van der Waals surface area contributed by atoms with E-state index in [0.717, 1.165) is 12.0 Å². The molecule has 0 bridgehead atoms. The van der Waals surface area contributed by atoms with Gasteiger partial charge in [-0.3, -0.25) is 0 Å². The van der Waals surface area contributed by atoms with E-state index in [1.807, 2.05) is 56.3 Å². The minimum atomic E-state index is -1.05. The number of halogens is 1. The first-order chi connectivity index (χ1) is 16.7. The Labute approximate surface area is 211 Å². The van der Waals surface area contributed by atoms with Gasteiger partial charge in [-0.1, -0.05) is 54.9 Å². The summed E-state index contributed by atoms with van der Waals surface area (Å²) in [7, 11) is 0. The number of ether oxygens (including phenoxy) is 2. The van der Waals surface area contributed by atoms with Crippen molar-refractivity contribution in [1.29, 1.82) is 0 Å². The first-order valence-electron chi connectivity index (χ1n) is 11.6. The predicted molar refractivity (Wildman–Crippen MR) is 136 cm³/mol. The van der Waals surface area contributed by atoms with Crippen LogP contribution in [-0.2, 0) is 16.0 Å². The van der Waals surface area contributed by atoms with Gasteiger partial charge in [0.1, 0.15) is 5.75 Å². The van der Waals surface area contributed by atoms with Gasteiger partial charge in [-0.25, -0.2) is 4.79 Å². The smallest absolute Gasteiger partial charge is 0.349 e. The van der Waals surface area contributed by atoms with Crippen LogP contribution in [-0.4, -0.2) is 29.4 Å². The minimum absolute atomic E-state index is 0.0680. The third-order valence-corrected chi connectivity index (χ3v) is 5.42. The van der Waals surface area contributed by atoms with Crippen LogP contribution in [0, 0.1) is 0 Å². The number of hydrogen-bond acceptors (Lipinski definition) is 7. The van der Waals surface area contributed by atoms with Crippen molar-refractivity contribution in [2.45, 2.75) is 59.0 Å². The van der Waals surface area contributed by atoms with E-state index < -0.39 is 11.6 Å². The zero-order chi connectivity index (χ0) is 25.4. The topological polar surface area (TPSA) is 83.2 Å². The van der Waals surface area contributed by atoms with Crippen molar-refractivity contribution >= 4 is 23.8 Å². The summed E-state index contributed by atoms with van der Waals surface area (Å²) in [5.74, 6) is 1.61. The van der Waals surface area contributed by atoms with Gasteiger partial charge in [0.2, 0.25) is 5.89 Å². The Bertz CT molecular complexity index is 1150. The van der Waals surface area contributed by atoms with Crippen LogP contribution in [0.15, 0.2) is 58.1 Å². The fourth-order valence-corrected chi connectivity index (χ4v) is 3.45. The Morgan fingerprint density at radius 1 is 1.17 bits per heavy atom. The molecule has 7 nitrogen and oxygen atoms in total. The zero-order valence-corrected chi connectivity index (χ0v) is 21.5. The van der Waals surface area contributed by atoms with Crippen molar-refractivity contribution in [1.82, 2.24) is 4.98 Å². The normalized spacial score (nSPS) is 11.7. The molecule has 0 N–H and O–H groups in total. The highest BCUT2D eigenvalue weighted by Crippen LogP contribution is 2.34. The Morgan fingerprint density at radius 2 is 1.89 bits per heavy atom. The SMILES string of the molecule is CCOC(=O)C(C)(C)Oc1ccc(CC/C=N/Oc2nc(-c3ccccc3Cl)oc2C(C)C)cc1. The summed E-state index contributed by atoms with van der Waals surface area (Å²) in [6, 6.07) is 14.9. The molecule has 0 amide bonds. The number of hydrogen-bond donors (Lipinski definition) is 0. The molecule has 0 fully saturated rings. The largest absolute Gasteiger partial charge is 0.476 e. The van der Waals surface area contributed by atoms with E-state index in [1.54, 1.807) is 33.1 Å². The number of esters is 1. The summed E-state index contributed by atoms with van der Waals surface area (Å²) in [6.07, 6.45) is 3.12. The summed E-state index contributed by atoms with van der Waals surface area (Å²) in [5.41, 5.74) is 0.749. The maximum Gasteiger partial charge on any atom is 0.349 e. The number of benzene rings is 2. The lowest BCUT2D eigenvalue weighted by molar-refractivity contribution is -0.158. The first kappa shape index (κ1) is 26.3. The van der Waals surface area contributed by atoms with Crippen LogP contribution in [0.5, 0.6) is 11.6 Å². The fraction of sp³-hybridized carbons (Fsp3) is 0.370. The minimum Gasteiger partial charge on any atom is -0.476 e. The summed E-state index contributed by atoms with van der Waals surface area (Å²) in [4.78, 5) is 22.0. The highest BCUT2D eigenvalue weighted by molar-refractivity contribution is 6.33. The number of aryl methyl sites for hydroxylation is 1. The van der Waals surface area contributed by atoms with Crippen LogP contribution in [0.2, 0.25) is 5.02 Å². The van der Waals surface area contributed by atoms with E-state index in [2.05, 4.69) is 10.1 Å². The molecule has 0 aliphatic rings. The van der Waals surface area contributed by atoms with Gasteiger partial charge in [0.25, 0.3) is 5.88 Å². The van der Waals surface area contributed by atoms with Gasteiger partial charge >= 0.3 is 5.97 Å². The molecule has 3 aromatic rings. The maximum absolute atomic E-state index is 12.0. The van der Waals surface area contributed by atoms with Gasteiger partial charge < -0.3 is 18.7 Å². The second-order valence-electron chi connectivity index (χ2n) is 8.72. The molecule has 8 heteroatoms. The predicted octanol–water partition coefficient (Wildman–Crippen LogP) is 6.84. The summed E-state index contributed by atoms with van der Waals surface area (Å²) in [5, 5.41) is 4.63. The van der Waals surface area contributed by atoms with E-state index >= 15 is 0 Å². The molecule has 1 aromatic heterocycles. The molecule has 0 spiro atoms. The molecule has 1 heterocycles. The molecule has 0 radical (unpaired) electrons. The Balaban J connectivity index is 1.55. The number of rotatable bonds is 11. The lowest BCUT2D eigenvalue weighted by Gasteiger charge is -2.24. The fourth-order valence-electron chi connectivity index (χ4n) is 3.23. The number of aromatic nitrogens is 1. The monoisotopic (exact) mass is 498 g/mol. The first-order valence-corrected chi connectivity index (χ1v) is 12.0. The molecule has 0 unspecified atom stereocenters. The van der Waals surface area contributed by atoms with Crippen LogP contribution in [0.1, 0.15) is 58.3 Å². The van der Waals surface area contributed by atoms with E-state index in [-0.39, 0.29) is 5.92 Å². The van der Waals surface area contributed by atoms with Gasteiger partial charge in [-0.2, -0.15) is 4.98 Å². The third-order valence-electron chi connectivity index (χ3n) is 5.09. The van der Waals surface area contributed by atoms with E-state index in [9.17, 15) is 4.79 Å². The molecule has 3 rings (SSSR count). The average molecular weight is 499 g/mol. The number of oxazole rings is 1. The third kappa shape index (κ3) is 7.09. The van der Waals surface area contributed by atoms with Crippen molar-refractivity contribution in [3.05, 3.63) is 64.9 Å². The van der Waals surface area contributed by atoms with Crippen molar-refractivity contribution in [2.24, 2.45) is 5.16 Å². The summed E-state index contributed by atoms with van der Waals surface area (Å²) < 4.78 is 16.8. The Kier molecular flexibility index (Phi) is 8.93. The number of carbonyl (C=O) groups excluding carboxylic acids is 1. The molecule has 0 atom stereocenters. The van der Waals surface area contributed by atoms with E-state index in [4.69, 9.17) is 30.3 Å². The zero-order valence-electron chi connectivity index (χ0n) is 20.7. The molecule has 2 aromatic carbocycles. The van der Waals surface area contributed by atoms with E-state index in [0.29, 0.717) is 46.9 Å². The number of nitrogens with zero attached hydrogens (tertiary/aromatic N) is 2. The van der Waals surface area contributed by atoms with Gasteiger partial charge in [-0.05, 0) is 63.4 Å². The molecule has 0 aliphatic heterocycles. The maximum atomic E-state index is 12.0. The van der Waals surface area contributed by atoms with Crippen LogP contribution in [0.4, 0.5) is 0 Å². The van der Waals surface area contributed by atoms with Crippen LogP contribution < -0.4 is 9.57 Å². The number of carbonyl (C=O) groups is 1. The molecule has 35 heavy (non-hydrogen) atoms. The Morgan fingerprint density at radius 3 is 2.54 bits per heavy atom. The van der Waals surface area contributed by atoms with Crippen LogP contribution in [0.3, 0.4) is 0 Å². The highest BCUT2D eigenvalue weighted by atomic mass is 35.5. The molecule has 0 saturated heterocycles. The molecule has 0 saturated carbocycles. The van der Waals surface area contributed by atoms with Crippen molar-refractivity contribution in [3.63, 3.8) is 0 Å². The summed E-state index contributed by atoms with van der Waals surface area (Å²) in [6.45, 7) is 9.44. The van der Waals surface area contributed by atoms with Gasteiger partial charge in [0, 0.05) is 12.1 Å². The molecular weight excluding hydrogens is 468 g/mol. The van der Waals surface area contributed by atoms with Gasteiger partial charge in [-0.15, -0.1) is 0 Å². The molecular formula is C27H31ClN2O5. The highest BCUT2D eigenvalue weighted by Gasteiger charge is 2.31. The van der Waals surface area contributed by atoms with Gasteiger partial charge in [0.05, 0.1) is 17.2 Å². The second-order valence-corrected chi connectivity index (χ2v) is 9.12. The molecule has 0 aliphatic carbocycles. The molecule has 186 valence electrons. The van der Waals surface area contributed by atoms with E-state index in [1.165, 1.54) is 0 Å². The van der Waals surface area contributed by atoms with Crippen LogP contribution >= 0.6 is 11.6 Å². The van der Waals surface area contributed by atoms with Crippen molar-refractivity contribution in [3.8, 4) is 23.1 Å². The average Bonchev–Trinajstić information content (AvgIpc) is 3.24. The standard InChI is InChI=1S/C27H31ClN2O5/c1-6-32-26(31)27(4,5)34-20-15-13-19(14-16-20)10-9-17-29-35-25-23(18(2)3)33-24(30-25)21-11-7-8-12-22(21)28/h7-8,11-18H,6,9-10H2,1-5H3/b29-17+. The lowest BCUT2D eigenvalue weighted by atomic mass is 10.1. The Hall–Kier alpha value is -3.32. The second kappa shape index (κ2) is 11.9.